The first-order valence-corrected chi connectivity index (χ1v) is 6.27. The second-order valence-electron chi connectivity index (χ2n) is 5.33. The topological polar surface area (TPSA) is 38.7 Å². The van der Waals surface area contributed by atoms with Crippen molar-refractivity contribution in [3.8, 4) is 0 Å². The summed E-state index contributed by atoms with van der Waals surface area (Å²) in [4.78, 5) is 4.52. The molecule has 1 rings (SSSR count). The van der Waals surface area contributed by atoms with E-state index in [1.807, 2.05) is 0 Å². The highest BCUT2D eigenvalue weighted by Gasteiger charge is 2.30. The summed E-state index contributed by atoms with van der Waals surface area (Å²) in [5.74, 6) is 0. The van der Waals surface area contributed by atoms with Gasteiger partial charge in [-0.2, -0.15) is 0 Å². The summed E-state index contributed by atoms with van der Waals surface area (Å²) in [5.41, 5.74) is -0.0409. The lowest BCUT2D eigenvalue weighted by atomic mass is 9.91. The van der Waals surface area contributed by atoms with Crippen LogP contribution in [0, 0.1) is 0 Å². The van der Waals surface area contributed by atoms with Crippen molar-refractivity contribution in [3.05, 3.63) is 0 Å². The maximum Gasteiger partial charge on any atom is 0.0613 e. The predicted molar refractivity (Wildman–Crippen MR) is 67.7 cm³/mol. The number of hydrogen-bond donors (Lipinski definition) is 2. The summed E-state index contributed by atoms with van der Waals surface area (Å²) >= 11 is 0. The van der Waals surface area contributed by atoms with Crippen molar-refractivity contribution in [2.75, 3.05) is 53.9 Å². The van der Waals surface area contributed by atoms with Crippen LogP contribution in [-0.2, 0) is 0 Å². The molecule has 4 heteroatoms. The van der Waals surface area contributed by atoms with Gasteiger partial charge in [0.05, 0.1) is 6.61 Å². The summed E-state index contributed by atoms with van der Waals surface area (Å²) in [5, 5.41) is 13.2. The van der Waals surface area contributed by atoms with E-state index in [0.29, 0.717) is 0 Å². The lowest BCUT2D eigenvalue weighted by Gasteiger charge is -2.32. The molecule has 1 fully saturated rings. The van der Waals surface area contributed by atoms with E-state index in [2.05, 4.69) is 36.3 Å². The number of aliphatic hydroxyl groups excluding tert-OH is 1. The van der Waals surface area contributed by atoms with Crippen LogP contribution in [0.15, 0.2) is 0 Å². The van der Waals surface area contributed by atoms with Crippen molar-refractivity contribution in [1.29, 1.82) is 0 Å². The van der Waals surface area contributed by atoms with Gasteiger partial charge in [0.25, 0.3) is 0 Å². The minimum atomic E-state index is -0.0409. The Morgan fingerprint density at radius 2 is 2.06 bits per heavy atom. The Hall–Kier alpha value is -0.160. The molecule has 1 atom stereocenters. The van der Waals surface area contributed by atoms with Gasteiger partial charge in [-0.25, -0.2) is 0 Å². The smallest absolute Gasteiger partial charge is 0.0613 e. The first kappa shape index (κ1) is 13.9. The van der Waals surface area contributed by atoms with E-state index in [9.17, 15) is 5.11 Å². The predicted octanol–water partition coefficient (Wildman–Crippen LogP) is -0.0156. The number of aliphatic hydroxyl groups is 1. The summed E-state index contributed by atoms with van der Waals surface area (Å²) in [6.07, 6.45) is 3.31. The van der Waals surface area contributed by atoms with E-state index in [1.165, 1.54) is 6.42 Å². The molecule has 0 aromatic carbocycles. The summed E-state index contributed by atoms with van der Waals surface area (Å²) in [6.45, 7) is 4.47. The third-order valence-corrected chi connectivity index (χ3v) is 3.53. The van der Waals surface area contributed by atoms with Crippen LogP contribution in [0.25, 0.3) is 0 Å². The standard InChI is InChI=1S/C12H27N3O/c1-14(2)10-7-13-12(11-16)5-4-8-15(3)9-6-12/h13,16H,4-11H2,1-3H3. The molecule has 0 aromatic rings. The SMILES string of the molecule is CN(C)CCNC1(CO)CCCN(C)CC1. The van der Waals surface area contributed by atoms with E-state index >= 15 is 0 Å². The van der Waals surface area contributed by atoms with Gasteiger partial charge in [0.1, 0.15) is 0 Å². The highest BCUT2D eigenvalue weighted by atomic mass is 16.3. The second-order valence-corrected chi connectivity index (χ2v) is 5.33. The fraction of sp³-hybridized carbons (Fsp3) is 1.00. The molecule has 0 saturated carbocycles. The van der Waals surface area contributed by atoms with Crippen LogP contribution in [0.1, 0.15) is 19.3 Å². The lowest BCUT2D eigenvalue weighted by Crippen LogP contribution is -2.50. The maximum atomic E-state index is 9.62. The largest absolute Gasteiger partial charge is 0.394 e. The third kappa shape index (κ3) is 4.37. The molecule has 4 nitrogen and oxygen atoms in total. The molecule has 0 spiro atoms. The molecule has 1 heterocycles. The number of rotatable bonds is 5. The van der Waals surface area contributed by atoms with Crippen LogP contribution in [0.5, 0.6) is 0 Å². The molecule has 2 N–H and O–H groups in total. The van der Waals surface area contributed by atoms with Crippen LogP contribution in [0.3, 0.4) is 0 Å². The van der Waals surface area contributed by atoms with Crippen molar-refractivity contribution >= 4 is 0 Å². The van der Waals surface area contributed by atoms with Crippen molar-refractivity contribution < 1.29 is 5.11 Å². The monoisotopic (exact) mass is 229 g/mol. The summed E-state index contributed by atoms with van der Waals surface area (Å²) in [7, 11) is 6.32. The van der Waals surface area contributed by atoms with Gasteiger partial charge >= 0.3 is 0 Å². The quantitative estimate of drug-likeness (QED) is 0.695. The van der Waals surface area contributed by atoms with E-state index < -0.39 is 0 Å². The summed E-state index contributed by atoms with van der Waals surface area (Å²) < 4.78 is 0. The Labute approximate surface area is 99.6 Å². The van der Waals surface area contributed by atoms with Gasteiger partial charge < -0.3 is 20.2 Å². The van der Waals surface area contributed by atoms with E-state index in [0.717, 1.165) is 39.0 Å². The molecule has 16 heavy (non-hydrogen) atoms. The maximum absolute atomic E-state index is 9.62. The van der Waals surface area contributed by atoms with E-state index in [1.54, 1.807) is 0 Å². The van der Waals surface area contributed by atoms with Crippen LogP contribution in [0.2, 0.25) is 0 Å². The lowest BCUT2D eigenvalue weighted by molar-refractivity contribution is 0.141. The molecule has 1 aliphatic rings. The molecular formula is C12H27N3O. The Kier molecular flexibility index (Phi) is 5.69. The molecule has 1 unspecified atom stereocenters. The minimum absolute atomic E-state index is 0.0409. The van der Waals surface area contributed by atoms with E-state index in [4.69, 9.17) is 0 Å². The third-order valence-electron chi connectivity index (χ3n) is 3.53. The van der Waals surface area contributed by atoms with Gasteiger partial charge in [-0.15, -0.1) is 0 Å². The molecule has 0 bridgehead atoms. The van der Waals surface area contributed by atoms with E-state index in [-0.39, 0.29) is 12.1 Å². The average molecular weight is 229 g/mol. The average Bonchev–Trinajstić information content (AvgIpc) is 2.41. The zero-order chi connectivity index (χ0) is 12.0. The number of hydrogen-bond acceptors (Lipinski definition) is 4. The Bertz CT molecular complexity index is 199. The second kappa shape index (κ2) is 6.55. The molecular weight excluding hydrogens is 202 g/mol. The fourth-order valence-corrected chi connectivity index (χ4v) is 2.26. The molecule has 0 amide bonds. The van der Waals surface area contributed by atoms with Gasteiger partial charge in [0, 0.05) is 18.6 Å². The van der Waals surface area contributed by atoms with Crippen molar-refractivity contribution in [2.45, 2.75) is 24.8 Å². The first-order chi connectivity index (χ1) is 7.58. The Balaban J connectivity index is 2.42. The van der Waals surface area contributed by atoms with Gasteiger partial charge in [-0.3, -0.25) is 0 Å². The zero-order valence-electron chi connectivity index (χ0n) is 11.0. The van der Waals surface area contributed by atoms with Crippen molar-refractivity contribution in [3.63, 3.8) is 0 Å². The minimum Gasteiger partial charge on any atom is -0.394 e. The molecule has 0 aliphatic carbocycles. The van der Waals surface area contributed by atoms with Gasteiger partial charge in [0.15, 0.2) is 0 Å². The van der Waals surface area contributed by atoms with Crippen molar-refractivity contribution in [1.82, 2.24) is 15.1 Å². The fourth-order valence-electron chi connectivity index (χ4n) is 2.26. The molecule has 96 valence electrons. The van der Waals surface area contributed by atoms with Gasteiger partial charge in [-0.05, 0) is 53.5 Å². The van der Waals surface area contributed by atoms with Gasteiger partial charge in [0.2, 0.25) is 0 Å². The van der Waals surface area contributed by atoms with Crippen molar-refractivity contribution in [2.24, 2.45) is 0 Å². The molecule has 0 aromatic heterocycles. The highest BCUT2D eigenvalue weighted by Crippen LogP contribution is 2.21. The Morgan fingerprint density at radius 1 is 1.31 bits per heavy atom. The molecule has 0 radical (unpaired) electrons. The zero-order valence-corrected chi connectivity index (χ0v) is 11.0. The number of nitrogens with one attached hydrogen (secondary N) is 1. The van der Waals surface area contributed by atoms with Crippen LogP contribution < -0.4 is 5.32 Å². The number of nitrogens with zero attached hydrogens (tertiary/aromatic N) is 2. The van der Waals surface area contributed by atoms with Crippen LogP contribution in [-0.4, -0.2) is 74.4 Å². The first-order valence-electron chi connectivity index (χ1n) is 6.27. The molecule has 1 aliphatic heterocycles. The Morgan fingerprint density at radius 3 is 2.69 bits per heavy atom. The number of likely N-dealkylation sites (tertiary alicyclic amines) is 1. The number of likely N-dealkylation sites (N-methyl/N-ethyl adjacent to an activating group) is 1. The van der Waals surface area contributed by atoms with Crippen LogP contribution >= 0.6 is 0 Å². The normalized spacial score (nSPS) is 28.3. The summed E-state index contributed by atoms with van der Waals surface area (Å²) in [6, 6.07) is 0. The highest BCUT2D eigenvalue weighted by molar-refractivity contribution is 4.90. The van der Waals surface area contributed by atoms with Crippen LogP contribution in [0.4, 0.5) is 0 Å². The van der Waals surface area contributed by atoms with Gasteiger partial charge in [-0.1, -0.05) is 0 Å². The molecule has 1 saturated heterocycles.